The quantitative estimate of drug-likeness (QED) is 0.863. The maximum absolute atomic E-state index is 12.0. The van der Waals surface area contributed by atoms with E-state index < -0.39 is 0 Å². The average molecular weight is 274 g/mol. The van der Waals surface area contributed by atoms with E-state index in [0.29, 0.717) is 24.5 Å². The second-order valence-corrected chi connectivity index (χ2v) is 4.42. The van der Waals surface area contributed by atoms with Crippen LogP contribution < -0.4 is 15.8 Å². The Bertz CT molecular complexity index is 607. The molecule has 20 heavy (non-hydrogen) atoms. The summed E-state index contributed by atoms with van der Waals surface area (Å²) in [5.74, 6) is 0.542. The van der Waals surface area contributed by atoms with Gasteiger partial charge in [0.15, 0.2) is 0 Å². The van der Waals surface area contributed by atoms with E-state index in [0.717, 1.165) is 11.3 Å². The summed E-state index contributed by atoms with van der Waals surface area (Å²) in [5.41, 5.74) is 7.49. The lowest BCUT2D eigenvalue weighted by atomic mass is 10.2. The normalized spacial score (nSPS) is 10.3. The fourth-order valence-corrected chi connectivity index (χ4v) is 1.90. The molecule has 1 heterocycles. The molecule has 0 unspecified atom stereocenters. The Hall–Kier alpha value is -2.34. The number of aryl methyl sites for hydroxylation is 1. The van der Waals surface area contributed by atoms with Gasteiger partial charge < -0.3 is 20.4 Å². The lowest BCUT2D eigenvalue weighted by Crippen LogP contribution is -2.13. The minimum absolute atomic E-state index is 0.245. The van der Waals surface area contributed by atoms with Crippen LogP contribution in [0.5, 0.6) is 5.75 Å². The van der Waals surface area contributed by atoms with E-state index in [2.05, 4.69) is 10.3 Å². The number of carbonyl (C=O) groups excluding carboxylic acids is 1. The van der Waals surface area contributed by atoms with E-state index in [9.17, 15) is 4.79 Å². The van der Waals surface area contributed by atoms with E-state index in [1.165, 1.54) is 0 Å². The van der Waals surface area contributed by atoms with Crippen LogP contribution in [-0.4, -0.2) is 29.1 Å². The van der Waals surface area contributed by atoms with Gasteiger partial charge >= 0.3 is 0 Å². The topological polar surface area (TPSA) is 82.2 Å². The van der Waals surface area contributed by atoms with E-state index in [1.54, 1.807) is 30.3 Å². The van der Waals surface area contributed by atoms with Crippen molar-refractivity contribution in [3.63, 3.8) is 0 Å². The number of rotatable bonds is 5. The summed E-state index contributed by atoms with van der Waals surface area (Å²) in [7, 11) is 1.62. The molecule has 6 heteroatoms. The number of imidazole rings is 1. The number of nitrogens with two attached hydrogens (primary N) is 1. The monoisotopic (exact) mass is 274 g/mol. The van der Waals surface area contributed by atoms with Crippen LogP contribution in [0.1, 0.15) is 16.1 Å². The van der Waals surface area contributed by atoms with Crippen LogP contribution in [0.15, 0.2) is 30.7 Å². The van der Waals surface area contributed by atoms with Crippen molar-refractivity contribution in [2.45, 2.75) is 13.5 Å². The van der Waals surface area contributed by atoms with Crippen LogP contribution in [0.2, 0.25) is 0 Å². The third kappa shape index (κ3) is 3.16. The van der Waals surface area contributed by atoms with Gasteiger partial charge in [-0.3, -0.25) is 4.79 Å². The van der Waals surface area contributed by atoms with Gasteiger partial charge in [0, 0.05) is 25.0 Å². The minimum Gasteiger partial charge on any atom is -0.496 e. The van der Waals surface area contributed by atoms with E-state index >= 15 is 0 Å². The van der Waals surface area contributed by atoms with Crippen molar-refractivity contribution in [2.75, 3.05) is 19.0 Å². The third-order valence-corrected chi connectivity index (χ3v) is 2.91. The highest BCUT2D eigenvalue weighted by Gasteiger charge is 2.10. The summed E-state index contributed by atoms with van der Waals surface area (Å²) < 4.78 is 6.97. The van der Waals surface area contributed by atoms with Crippen molar-refractivity contribution in [3.8, 4) is 5.75 Å². The number of hydrogen-bond acceptors (Lipinski definition) is 4. The zero-order chi connectivity index (χ0) is 14.5. The van der Waals surface area contributed by atoms with Crippen molar-refractivity contribution in [1.82, 2.24) is 9.55 Å². The maximum Gasteiger partial charge on any atom is 0.275 e. The number of hydrogen-bond donors (Lipinski definition) is 2. The summed E-state index contributed by atoms with van der Waals surface area (Å²) in [6.07, 6.45) is 3.28. The highest BCUT2D eigenvalue weighted by molar-refractivity contribution is 6.02. The molecule has 0 saturated heterocycles. The lowest BCUT2D eigenvalue weighted by molar-refractivity contribution is 0.102. The molecule has 0 radical (unpaired) electrons. The summed E-state index contributed by atoms with van der Waals surface area (Å²) in [6.45, 7) is 3.07. The highest BCUT2D eigenvalue weighted by atomic mass is 16.5. The van der Waals surface area contributed by atoms with E-state index in [1.807, 2.05) is 19.1 Å². The predicted molar refractivity (Wildman–Crippen MR) is 77.0 cm³/mol. The molecule has 0 spiro atoms. The second kappa shape index (κ2) is 6.21. The van der Waals surface area contributed by atoms with Crippen LogP contribution in [0.25, 0.3) is 0 Å². The fourth-order valence-electron chi connectivity index (χ4n) is 1.90. The van der Waals surface area contributed by atoms with Crippen LogP contribution in [-0.2, 0) is 6.54 Å². The molecule has 3 N–H and O–H groups in total. The smallest absolute Gasteiger partial charge is 0.275 e. The SMILES string of the molecule is COc1ccc(NC(=O)c2cn(CCN)cn2)cc1C. The molecule has 0 aliphatic rings. The zero-order valence-electron chi connectivity index (χ0n) is 11.6. The molecule has 2 aromatic rings. The van der Waals surface area contributed by atoms with Gasteiger partial charge in [-0.2, -0.15) is 0 Å². The third-order valence-electron chi connectivity index (χ3n) is 2.91. The first-order valence-corrected chi connectivity index (χ1v) is 6.32. The molecule has 0 aliphatic carbocycles. The van der Waals surface area contributed by atoms with Crippen molar-refractivity contribution in [1.29, 1.82) is 0 Å². The van der Waals surface area contributed by atoms with Crippen LogP contribution in [0, 0.1) is 6.92 Å². The van der Waals surface area contributed by atoms with Gasteiger partial charge in [0.1, 0.15) is 11.4 Å². The van der Waals surface area contributed by atoms with Crippen molar-refractivity contribution in [3.05, 3.63) is 42.0 Å². The molecule has 0 saturated carbocycles. The number of methoxy groups -OCH3 is 1. The molecular weight excluding hydrogens is 256 g/mol. The molecule has 0 atom stereocenters. The first-order chi connectivity index (χ1) is 9.63. The van der Waals surface area contributed by atoms with Crippen molar-refractivity contribution >= 4 is 11.6 Å². The number of amides is 1. The number of anilines is 1. The molecule has 0 bridgehead atoms. The van der Waals surface area contributed by atoms with Crippen molar-refractivity contribution in [2.24, 2.45) is 5.73 Å². The molecule has 106 valence electrons. The first kappa shape index (κ1) is 14.1. The fraction of sp³-hybridized carbons (Fsp3) is 0.286. The largest absolute Gasteiger partial charge is 0.496 e. The van der Waals surface area contributed by atoms with Gasteiger partial charge in [-0.05, 0) is 30.7 Å². The number of nitrogens with one attached hydrogen (secondary N) is 1. The van der Waals surface area contributed by atoms with E-state index in [-0.39, 0.29) is 5.91 Å². The number of ether oxygens (including phenoxy) is 1. The van der Waals surface area contributed by atoms with Crippen LogP contribution in [0.3, 0.4) is 0 Å². The van der Waals surface area contributed by atoms with Gasteiger partial charge in [-0.1, -0.05) is 0 Å². The summed E-state index contributed by atoms with van der Waals surface area (Å²) >= 11 is 0. The lowest BCUT2D eigenvalue weighted by Gasteiger charge is -2.08. The Balaban J connectivity index is 2.08. The second-order valence-electron chi connectivity index (χ2n) is 4.42. The molecule has 2 rings (SSSR count). The molecule has 0 fully saturated rings. The Morgan fingerprint density at radius 2 is 2.30 bits per heavy atom. The minimum atomic E-state index is -0.245. The van der Waals surface area contributed by atoms with Crippen LogP contribution in [0.4, 0.5) is 5.69 Å². The number of carbonyl (C=O) groups is 1. The Morgan fingerprint density at radius 3 is 2.95 bits per heavy atom. The number of benzene rings is 1. The van der Waals surface area contributed by atoms with Crippen LogP contribution >= 0.6 is 0 Å². The summed E-state index contributed by atoms with van der Waals surface area (Å²) in [6, 6.07) is 5.46. The molecule has 1 amide bonds. The summed E-state index contributed by atoms with van der Waals surface area (Å²) in [4.78, 5) is 16.1. The first-order valence-electron chi connectivity index (χ1n) is 6.32. The van der Waals surface area contributed by atoms with Gasteiger partial charge in [0.25, 0.3) is 5.91 Å². The maximum atomic E-state index is 12.0. The number of nitrogens with zero attached hydrogens (tertiary/aromatic N) is 2. The summed E-state index contributed by atoms with van der Waals surface area (Å²) in [5, 5.41) is 2.80. The average Bonchev–Trinajstić information content (AvgIpc) is 2.88. The van der Waals surface area contributed by atoms with Gasteiger partial charge in [0.05, 0.1) is 13.4 Å². The molecule has 1 aromatic heterocycles. The van der Waals surface area contributed by atoms with Gasteiger partial charge in [-0.15, -0.1) is 0 Å². The molecular formula is C14H18N4O2. The molecule has 0 aliphatic heterocycles. The van der Waals surface area contributed by atoms with Gasteiger partial charge in [0.2, 0.25) is 0 Å². The van der Waals surface area contributed by atoms with E-state index in [4.69, 9.17) is 10.5 Å². The van der Waals surface area contributed by atoms with Crippen molar-refractivity contribution < 1.29 is 9.53 Å². The number of aromatic nitrogens is 2. The Morgan fingerprint density at radius 1 is 1.50 bits per heavy atom. The predicted octanol–water partition coefficient (Wildman–Crippen LogP) is 1.41. The standard InChI is InChI=1S/C14H18N4O2/c1-10-7-11(3-4-13(10)20-2)17-14(19)12-8-18(6-5-15)9-16-12/h3-4,7-9H,5-6,15H2,1-2H3,(H,17,19). The molecule has 1 aromatic carbocycles. The Labute approximate surface area is 117 Å². The Kier molecular flexibility index (Phi) is 4.37. The highest BCUT2D eigenvalue weighted by Crippen LogP contribution is 2.21. The van der Waals surface area contributed by atoms with Gasteiger partial charge in [-0.25, -0.2) is 4.98 Å². The molecule has 6 nitrogen and oxygen atoms in total. The zero-order valence-corrected chi connectivity index (χ0v) is 11.6.